The van der Waals surface area contributed by atoms with Crippen LogP contribution in [0.25, 0.3) is 21.7 Å². The van der Waals surface area contributed by atoms with Crippen molar-refractivity contribution in [3.63, 3.8) is 0 Å². The fourth-order valence-corrected chi connectivity index (χ4v) is 2.35. The van der Waals surface area contributed by atoms with Gasteiger partial charge in [-0.15, -0.1) is 0 Å². The maximum Gasteiger partial charge on any atom is 0.346 e. The number of hydrogen-bond acceptors (Lipinski definition) is 5. The van der Waals surface area contributed by atoms with Crippen molar-refractivity contribution >= 4 is 27.7 Å². The van der Waals surface area contributed by atoms with E-state index < -0.39 is 17.7 Å². The van der Waals surface area contributed by atoms with Crippen LogP contribution in [0.2, 0.25) is 0 Å². The fourth-order valence-electron chi connectivity index (χ4n) is 2.35. The van der Waals surface area contributed by atoms with E-state index in [1.54, 1.807) is 37.3 Å². The summed E-state index contributed by atoms with van der Waals surface area (Å²) in [5.41, 5.74) is 0.0135. The Bertz CT molecular complexity index is 910. The van der Waals surface area contributed by atoms with Gasteiger partial charge in [0, 0.05) is 11.5 Å². The van der Waals surface area contributed by atoms with Gasteiger partial charge in [-0.25, -0.2) is 9.59 Å². The predicted molar refractivity (Wildman–Crippen MR) is 82.1 cm³/mol. The van der Waals surface area contributed by atoms with Crippen LogP contribution in [0.3, 0.4) is 0 Å². The number of esters is 1. The summed E-state index contributed by atoms with van der Waals surface area (Å²) in [7, 11) is 1.30. The Hall–Kier alpha value is -2.82. The molecule has 1 atom stereocenters. The molecule has 0 saturated carbocycles. The highest BCUT2D eigenvalue weighted by molar-refractivity contribution is 6.04. The van der Waals surface area contributed by atoms with Crippen LogP contribution in [-0.2, 0) is 9.53 Å². The normalized spacial score (nSPS) is 12.3. The smallest absolute Gasteiger partial charge is 0.346 e. The highest BCUT2D eigenvalue weighted by Crippen LogP contribution is 2.26. The molecule has 0 radical (unpaired) electrons. The van der Waals surface area contributed by atoms with Gasteiger partial charge in [-0.05, 0) is 30.5 Å². The second-order valence-electron chi connectivity index (χ2n) is 4.88. The Labute approximate surface area is 126 Å². The third kappa shape index (κ3) is 2.41. The molecule has 1 aromatic heterocycles. The van der Waals surface area contributed by atoms with E-state index in [-0.39, 0.29) is 0 Å². The number of fused-ring (bicyclic) bond motifs is 3. The Morgan fingerprint density at radius 3 is 2.55 bits per heavy atom. The van der Waals surface area contributed by atoms with Gasteiger partial charge in [0.15, 0.2) is 6.10 Å². The number of carbonyl (C=O) groups excluding carboxylic acids is 1. The molecule has 0 saturated heterocycles. The first-order valence-electron chi connectivity index (χ1n) is 6.80. The monoisotopic (exact) mass is 298 g/mol. The molecule has 0 N–H and O–H groups in total. The summed E-state index contributed by atoms with van der Waals surface area (Å²) in [6, 6.07) is 12.4. The first kappa shape index (κ1) is 14.1. The lowest BCUT2D eigenvalue weighted by Crippen LogP contribution is -2.24. The molecule has 0 spiro atoms. The quantitative estimate of drug-likeness (QED) is 0.422. The molecule has 0 fully saturated rings. The van der Waals surface area contributed by atoms with Gasteiger partial charge in [0.1, 0.15) is 11.3 Å². The number of carbonyl (C=O) groups is 1. The SMILES string of the molecule is COC(=O)[C@H](C)Oc1ccc2c(c1)oc(=O)c1ccccc12. The molecular formula is C17H14O5. The number of hydrogen-bond donors (Lipinski definition) is 0. The minimum Gasteiger partial charge on any atom is -0.479 e. The summed E-state index contributed by atoms with van der Waals surface area (Å²) in [6.45, 7) is 1.59. The fraction of sp³-hybridized carbons (Fsp3) is 0.176. The molecule has 112 valence electrons. The molecule has 3 aromatic rings. The van der Waals surface area contributed by atoms with Crippen molar-refractivity contribution < 1.29 is 18.7 Å². The standard InChI is InChI=1S/C17H14O5/c1-10(16(18)20-2)21-11-7-8-13-12-5-3-4-6-14(12)17(19)22-15(13)9-11/h3-10H,1-2H3/t10-/m0/s1. The number of ether oxygens (including phenoxy) is 2. The zero-order valence-electron chi connectivity index (χ0n) is 12.2. The van der Waals surface area contributed by atoms with Crippen molar-refractivity contribution in [2.45, 2.75) is 13.0 Å². The van der Waals surface area contributed by atoms with Gasteiger partial charge in [-0.1, -0.05) is 18.2 Å². The number of rotatable bonds is 3. The Morgan fingerprint density at radius 2 is 1.82 bits per heavy atom. The molecule has 0 aliphatic carbocycles. The summed E-state index contributed by atoms with van der Waals surface area (Å²) in [4.78, 5) is 23.4. The maximum atomic E-state index is 12.0. The lowest BCUT2D eigenvalue weighted by molar-refractivity contribution is -0.147. The highest BCUT2D eigenvalue weighted by atomic mass is 16.6. The van der Waals surface area contributed by atoms with Crippen LogP contribution in [0.4, 0.5) is 0 Å². The van der Waals surface area contributed by atoms with E-state index in [1.165, 1.54) is 7.11 Å². The van der Waals surface area contributed by atoms with Crippen LogP contribution < -0.4 is 10.4 Å². The van der Waals surface area contributed by atoms with Gasteiger partial charge in [0.25, 0.3) is 0 Å². The lowest BCUT2D eigenvalue weighted by Gasteiger charge is -2.12. The third-order valence-corrected chi connectivity index (χ3v) is 3.44. The van der Waals surface area contributed by atoms with Crippen LogP contribution in [0.5, 0.6) is 5.75 Å². The molecule has 5 nitrogen and oxygen atoms in total. The van der Waals surface area contributed by atoms with Crippen LogP contribution in [-0.4, -0.2) is 19.2 Å². The molecule has 22 heavy (non-hydrogen) atoms. The highest BCUT2D eigenvalue weighted by Gasteiger charge is 2.15. The van der Waals surface area contributed by atoms with Crippen molar-refractivity contribution in [2.24, 2.45) is 0 Å². The van der Waals surface area contributed by atoms with Gasteiger partial charge < -0.3 is 13.9 Å². The summed E-state index contributed by atoms with van der Waals surface area (Å²) in [6.07, 6.45) is -0.741. The van der Waals surface area contributed by atoms with E-state index >= 15 is 0 Å². The van der Waals surface area contributed by atoms with Crippen molar-refractivity contribution in [1.29, 1.82) is 0 Å². The van der Waals surface area contributed by atoms with Gasteiger partial charge in [0.05, 0.1) is 12.5 Å². The largest absolute Gasteiger partial charge is 0.479 e. The summed E-state index contributed by atoms with van der Waals surface area (Å²) >= 11 is 0. The molecule has 5 heteroatoms. The minimum absolute atomic E-state index is 0.402. The lowest BCUT2D eigenvalue weighted by atomic mass is 10.1. The van der Waals surface area contributed by atoms with E-state index in [0.29, 0.717) is 16.7 Å². The number of methoxy groups -OCH3 is 1. The van der Waals surface area contributed by atoms with Crippen LogP contribution in [0, 0.1) is 0 Å². The van der Waals surface area contributed by atoms with Crippen molar-refractivity contribution in [1.82, 2.24) is 0 Å². The molecule has 0 unspecified atom stereocenters. The molecule has 0 amide bonds. The van der Waals surface area contributed by atoms with Crippen molar-refractivity contribution in [3.05, 3.63) is 52.9 Å². The first-order valence-corrected chi connectivity index (χ1v) is 6.80. The molecular weight excluding hydrogens is 284 g/mol. The minimum atomic E-state index is -0.741. The average molecular weight is 298 g/mol. The van der Waals surface area contributed by atoms with Crippen LogP contribution in [0.15, 0.2) is 51.7 Å². The molecule has 2 aromatic carbocycles. The number of benzene rings is 2. The van der Waals surface area contributed by atoms with Gasteiger partial charge in [-0.2, -0.15) is 0 Å². The topological polar surface area (TPSA) is 65.7 Å². The summed E-state index contributed by atoms with van der Waals surface area (Å²) in [5, 5.41) is 2.17. The Balaban J connectivity index is 2.09. The second-order valence-corrected chi connectivity index (χ2v) is 4.88. The van der Waals surface area contributed by atoms with Gasteiger partial charge in [-0.3, -0.25) is 0 Å². The van der Waals surface area contributed by atoms with Gasteiger partial charge >= 0.3 is 11.6 Å². The predicted octanol–water partition coefficient (Wildman–Crippen LogP) is 2.89. The molecule has 0 aliphatic heterocycles. The van der Waals surface area contributed by atoms with Crippen LogP contribution in [0.1, 0.15) is 6.92 Å². The molecule has 0 aliphatic rings. The Morgan fingerprint density at radius 1 is 1.09 bits per heavy atom. The zero-order chi connectivity index (χ0) is 15.7. The van der Waals surface area contributed by atoms with Crippen molar-refractivity contribution in [2.75, 3.05) is 7.11 Å². The van der Waals surface area contributed by atoms with E-state index in [2.05, 4.69) is 4.74 Å². The van der Waals surface area contributed by atoms with E-state index in [9.17, 15) is 9.59 Å². The molecule has 0 bridgehead atoms. The summed E-state index contributed by atoms with van der Waals surface area (Å²) < 4.78 is 15.4. The summed E-state index contributed by atoms with van der Waals surface area (Å²) in [5.74, 6) is -0.0381. The first-order chi connectivity index (χ1) is 10.6. The average Bonchev–Trinajstić information content (AvgIpc) is 2.54. The second kappa shape index (κ2) is 5.52. The van der Waals surface area contributed by atoms with E-state index in [4.69, 9.17) is 9.15 Å². The third-order valence-electron chi connectivity index (χ3n) is 3.44. The van der Waals surface area contributed by atoms with Crippen LogP contribution >= 0.6 is 0 Å². The molecule has 3 rings (SSSR count). The maximum absolute atomic E-state index is 12.0. The zero-order valence-corrected chi connectivity index (χ0v) is 12.2. The Kier molecular flexibility index (Phi) is 3.55. The van der Waals surface area contributed by atoms with Crippen molar-refractivity contribution in [3.8, 4) is 5.75 Å². The molecule has 1 heterocycles. The van der Waals surface area contributed by atoms with E-state index in [1.807, 2.05) is 12.1 Å². The van der Waals surface area contributed by atoms with E-state index in [0.717, 1.165) is 10.8 Å². The van der Waals surface area contributed by atoms with Gasteiger partial charge in [0.2, 0.25) is 0 Å².